The van der Waals surface area contributed by atoms with Gasteiger partial charge in [0.15, 0.2) is 34.7 Å². The van der Waals surface area contributed by atoms with Gasteiger partial charge in [0, 0.05) is 16.2 Å². The Morgan fingerprint density at radius 1 is 0.350 bits per heavy atom. The predicted molar refractivity (Wildman–Crippen MR) is 159 cm³/mol. The molecule has 0 fully saturated rings. The van der Waals surface area contributed by atoms with Crippen LogP contribution in [0.25, 0.3) is 32.3 Å². The molecule has 0 unspecified atom stereocenters. The Hall–Kier alpha value is -4.71. The first kappa shape index (κ1) is 31.5. The second-order valence-corrected chi connectivity index (χ2v) is 7.86. The zero-order chi connectivity index (χ0) is 29.7. The van der Waals surface area contributed by atoms with E-state index in [1.807, 2.05) is 45.9 Å². The number of phenols is 3. The van der Waals surface area contributed by atoms with Gasteiger partial charge >= 0.3 is 0 Å². The minimum Gasteiger partial charge on any atom is -0.505 e. The summed E-state index contributed by atoms with van der Waals surface area (Å²) in [5, 5.41) is 30.9. The van der Waals surface area contributed by atoms with Crippen LogP contribution in [0.4, 0.5) is 13.2 Å². The summed E-state index contributed by atoms with van der Waals surface area (Å²) in [5.74, 6) is -2.54. The van der Waals surface area contributed by atoms with Crippen LogP contribution >= 0.6 is 0 Å². The van der Waals surface area contributed by atoms with Crippen LogP contribution in [0.1, 0.15) is 27.7 Å². The van der Waals surface area contributed by atoms with Crippen LogP contribution in [0.15, 0.2) is 109 Å². The fourth-order valence-corrected chi connectivity index (χ4v) is 3.67. The quantitative estimate of drug-likeness (QED) is 0.178. The highest BCUT2D eigenvalue weighted by Gasteiger charge is 2.05. The summed E-state index contributed by atoms with van der Waals surface area (Å²) in [7, 11) is 0. The Kier molecular flexibility index (Phi) is 12.3. The molecular weight excluding hydrogens is 513 g/mol. The molecule has 0 amide bonds. The Labute approximate surface area is 232 Å². The zero-order valence-corrected chi connectivity index (χ0v) is 22.9. The molecule has 0 bridgehead atoms. The van der Waals surface area contributed by atoms with Crippen molar-refractivity contribution < 1.29 is 28.5 Å². The van der Waals surface area contributed by atoms with E-state index >= 15 is 0 Å². The maximum absolute atomic E-state index is 13.1. The van der Waals surface area contributed by atoms with Gasteiger partial charge in [-0.15, -0.1) is 0 Å². The van der Waals surface area contributed by atoms with Crippen LogP contribution in [-0.2, 0) is 0 Å². The number of rotatable bonds is 0. The van der Waals surface area contributed by atoms with Crippen molar-refractivity contribution in [3.8, 4) is 17.2 Å². The highest BCUT2D eigenvalue weighted by Crippen LogP contribution is 2.26. The number of phenolic OH excluding ortho intramolecular Hbond substituents is 3. The van der Waals surface area contributed by atoms with E-state index in [1.54, 1.807) is 72.8 Å². The molecule has 0 saturated heterocycles. The number of halogens is 3. The minimum atomic E-state index is -0.548. The summed E-state index contributed by atoms with van der Waals surface area (Å²) < 4.78 is 39.4. The molecule has 0 aromatic heterocycles. The first-order chi connectivity index (χ1) is 19.4. The molecule has 3 nitrogen and oxygen atoms in total. The van der Waals surface area contributed by atoms with Crippen molar-refractivity contribution in [3.63, 3.8) is 0 Å². The van der Waals surface area contributed by atoms with Gasteiger partial charge in [-0.2, -0.15) is 0 Å². The molecule has 6 heteroatoms. The smallest absolute Gasteiger partial charge is 0.172 e. The highest BCUT2D eigenvalue weighted by atomic mass is 19.1. The van der Waals surface area contributed by atoms with Crippen LogP contribution in [0.5, 0.6) is 17.2 Å². The average Bonchev–Trinajstić information content (AvgIpc) is 3.02. The second kappa shape index (κ2) is 15.6. The lowest BCUT2D eigenvalue weighted by molar-refractivity contribution is 0.436. The van der Waals surface area contributed by atoms with Crippen LogP contribution in [0.2, 0.25) is 0 Å². The van der Waals surface area contributed by atoms with Gasteiger partial charge < -0.3 is 15.3 Å². The highest BCUT2D eigenvalue weighted by molar-refractivity contribution is 5.85. The van der Waals surface area contributed by atoms with Crippen molar-refractivity contribution in [2.24, 2.45) is 0 Å². The molecule has 0 spiro atoms. The molecule has 0 aliphatic carbocycles. The topological polar surface area (TPSA) is 60.7 Å². The molecule has 208 valence electrons. The van der Waals surface area contributed by atoms with E-state index in [-0.39, 0.29) is 17.2 Å². The average molecular weight is 547 g/mol. The van der Waals surface area contributed by atoms with Crippen molar-refractivity contribution in [2.45, 2.75) is 27.7 Å². The van der Waals surface area contributed by atoms with Gasteiger partial charge in [0.2, 0.25) is 0 Å². The molecule has 6 rings (SSSR count). The summed E-state index contributed by atoms with van der Waals surface area (Å²) in [6.07, 6.45) is 0. The molecule has 3 N–H and O–H groups in total. The Bertz CT molecular complexity index is 1470. The van der Waals surface area contributed by atoms with Gasteiger partial charge in [0.1, 0.15) is 0 Å². The van der Waals surface area contributed by atoms with Crippen molar-refractivity contribution >= 4 is 32.3 Å². The number of hydrogen-bond donors (Lipinski definition) is 3. The number of hydrogen-bond acceptors (Lipinski definition) is 3. The van der Waals surface area contributed by atoms with Gasteiger partial charge in [-0.3, -0.25) is 0 Å². The Balaban J connectivity index is 0.000000198. The lowest BCUT2D eigenvalue weighted by atomic mass is 10.1. The third-order valence-corrected chi connectivity index (χ3v) is 5.53. The van der Waals surface area contributed by atoms with Crippen LogP contribution in [0, 0.1) is 17.5 Å². The maximum Gasteiger partial charge on any atom is 0.172 e. The SMILES string of the molecule is CC.CC.Oc1ccc2ccccc2c1F.Oc1ccc2ccccc2c1F.Oc1ccc2ccccc2c1F. The Morgan fingerprint density at radius 3 is 0.825 bits per heavy atom. The van der Waals surface area contributed by atoms with Gasteiger partial charge in [0.05, 0.1) is 0 Å². The number of benzene rings is 6. The summed E-state index contributed by atoms with van der Waals surface area (Å²) in [6.45, 7) is 8.00. The largest absolute Gasteiger partial charge is 0.505 e. The van der Waals surface area contributed by atoms with Crippen molar-refractivity contribution in [3.05, 3.63) is 127 Å². The molecule has 0 saturated carbocycles. The maximum atomic E-state index is 13.1. The fourth-order valence-electron chi connectivity index (χ4n) is 3.67. The lowest BCUT2D eigenvalue weighted by Gasteiger charge is -1.99. The van der Waals surface area contributed by atoms with Gasteiger partial charge in [0.25, 0.3) is 0 Å². The first-order valence-electron chi connectivity index (χ1n) is 13.0. The zero-order valence-electron chi connectivity index (χ0n) is 22.9. The van der Waals surface area contributed by atoms with Crippen molar-refractivity contribution in [1.82, 2.24) is 0 Å². The summed E-state index contributed by atoms with van der Waals surface area (Å²) in [6, 6.07) is 30.2. The minimum absolute atomic E-state index is 0.297. The van der Waals surface area contributed by atoms with E-state index in [9.17, 15) is 13.2 Å². The monoisotopic (exact) mass is 546 g/mol. The molecule has 40 heavy (non-hydrogen) atoms. The molecule has 6 aromatic carbocycles. The third kappa shape index (κ3) is 7.67. The molecule has 0 radical (unpaired) electrons. The summed E-state index contributed by atoms with van der Waals surface area (Å²) >= 11 is 0. The number of fused-ring (bicyclic) bond motifs is 3. The van der Waals surface area contributed by atoms with E-state index in [1.165, 1.54) is 18.2 Å². The van der Waals surface area contributed by atoms with Gasteiger partial charge in [-0.1, -0.05) is 119 Å². The molecule has 0 aliphatic rings. The normalized spacial score (nSPS) is 9.68. The predicted octanol–water partition coefficient (Wildman–Crippen LogP) is 10.1. The standard InChI is InChI=1S/3C10H7FO.2C2H6/c3*11-10-8-4-2-1-3-7(8)5-6-9(10)12;2*1-2/h3*1-6,12H;2*1-2H3. The molecule has 0 atom stereocenters. The summed E-state index contributed by atoms with van der Waals surface area (Å²) in [4.78, 5) is 0. The van der Waals surface area contributed by atoms with E-state index in [2.05, 4.69) is 0 Å². The van der Waals surface area contributed by atoms with E-state index in [4.69, 9.17) is 15.3 Å². The van der Waals surface area contributed by atoms with Crippen molar-refractivity contribution in [2.75, 3.05) is 0 Å². The second-order valence-electron chi connectivity index (χ2n) is 7.86. The van der Waals surface area contributed by atoms with E-state index < -0.39 is 17.5 Å². The molecule has 0 aliphatic heterocycles. The molecular formula is C34H33F3O3. The van der Waals surface area contributed by atoms with E-state index in [0.29, 0.717) is 16.2 Å². The summed E-state index contributed by atoms with van der Waals surface area (Å²) in [5.41, 5.74) is 0. The van der Waals surface area contributed by atoms with Gasteiger partial charge in [-0.25, -0.2) is 13.2 Å². The third-order valence-electron chi connectivity index (χ3n) is 5.53. The number of aromatic hydroxyl groups is 3. The van der Waals surface area contributed by atoms with Gasteiger partial charge in [-0.05, 0) is 34.4 Å². The Morgan fingerprint density at radius 2 is 0.575 bits per heavy atom. The van der Waals surface area contributed by atoms with Crippen LogP contribution in [0.3, 0.4) is 0 Å². The first-order valence-corrected chi connectivity index (χ1v) is 13.0. The van der Waals surface area contributed by atoms with Crippen LogP contribution < -0.4 is 0 Å². The van der Waals surface area contributed by atoms with E-state index in [0.717, 1.165) is 16.2 Å². The molecule has 0 heterocycles. The van der Waals surface area contributed by atoms with Crippen LogP contribution in [-0.4, -0.2) is 15.3 Å². The van der Waals surface area contributed by atoms with Crippen molar-refractivity contribution in [1.29, 1.82) is 0 Å². The fraction of sp³-hybridized carbons (Fsp3) is 0.118. The molecule has 6 aromatic rings. The lowest BCUT2D eigenvalue weighted by Crippen LogP contribution is -1.79.